The van der Waals surface area contributed by atoms with Crippen molar-refractivity contribution in [2.24, 2.45) is 0 Å². The van der Waals surface area contributed by atoms with Gasteiger partial charge in [-0.15, -0.1) is 11.3 Å². The van der Waals surface area contributed by atoms with Gasteiger partial charge in [-0.25, -0.2) is 4.79 Å². The number of carbonyl (C=O) groups is 1. The van der Waals surface area contributed by atoms with Crippen LogP contribution in [0, 0.1) is 6.92 Å². The highest BCUT2D eigenvalue weighted by atomic mass is 35.5. The summed E-state index contributed by atoms with van der Waals surface area (Å²) < 4.78 is 11.0. The Morgan fingerprint density at radius 3 is 2.88 bits per heavy atom. The number of nitrogens with one attached hydrogen (secondary N) is 2. The van der Waals surface area contributed by atoms with Crippen LogP contribution in [0.4, 0.5) is 4.79 Å². The van der Waals surface area contributed by atoms with Gasteiger partial charge in [-0.1, -0.05) is 11.6 Å². The van der Waals surface area contributed by atoms with Crippen LogP contribution in [-0.2, 0) is 13.0 Å². The maximum absolute atomic E-state index is 11.8. The molecular weight excluding hydrogens is 348 g/mol. The van der Waals surface area contributed by atoms with Crippen LogP contribution >= 0.6 is 22.9 Å². The van der Waals surface area contributed by atoms with Crippen molar-refractivity contribution in [2.75, 3.05) is 19.8 Å². The maximum Gasteiger partial charge on any atom is 0.315 e. The molecule has 2 heterocycles. The quantitative estimate of drug-likeness (QED) is 0.851. The number of halogens is 1. The second kappa shape index (κ2) is 7.77. The van der Waals surface area contributed by atoms with E-state index in [9.17, 15) is 4.79 Å². The summed E-state index contributed by atoms with van der Waals surface area (Å²) >= 11 is 7.89. The molecule has 1 aromatic carbocycles. The Labute approximate surface area is 149 Å². The van der Waals surface area contributed by atoms with Crippen molar-refractivity contribution < 1.29 is 14.3 Å². The first-order chi connectivity index (χ1) is 11.6. The lowest BCUT2D eigenvalue weighted by Crippen LogP contribution is -2.36. The number of hydrogen-bond acceptors (Lipinski definition) is 4. The Balaban J connectivity index is 1.46. The van der Waals surface area contributed by atoms with Gasteiger partial charge in [0.15, 0.2) is 11.5 Å². The molecule has 0 saturated heterocycles. The molecule has 0 atom stereocenters. The van der Waals surface area contributed by atoms with E-state index in [1.54, 1.807) is 11.3 Å². The molecule has 2 amide bonds. The summed E-state index contributed by atoms with van der Waals surface area (Å²) in [4.78, 5) is 14.2. The van der Waals surface area contributed by atoms with Crippen molar-refractivity contribution in [3.63, 3.8) is 0 Å². The van der Waals surface area contributed by atoms with Gasteiger partial charge in [0, 0.05) is 16.3 Å². The molecule has 1 aliphatic rings. The largest absolute Gasteiger partial charge is 0.486 e. The van der Waals surface area contributed by atoms with Gasteiger partial charge < -0.3 is 20.1 Å². The number of fused-ring (bicyclic) bond motifs is 1. The van der Waals surface area contributed by atoms with Crippen molar-refractivity contribution in [3.05, 3.63) is 44.6 Å². The number of urea groups is 1. The van der Waals surface area contributed by atoms with Crippen molar-refractivity contribution in [1.29, 1.82) is 0 Å². The predicted molar refractivity (Wildman–Crippen MR) is 95.4 cm³/mol. The number of amides is 2. The summed E-state index contributed by atoms with van der Waals surface area (Å²) in [6, 6.07) is 7.66. The van der Waals surface area contributed by atoms with Crippen LogP contribution in [-0.4, -0.2) is 25.8 Å². The van der Waals surface area contributed by atoms with Crippen molar-refractivity contribution in [1.82, 2.24) is 10.6 Å². The molecule has 2 aromatic rings. The first kappa shape index (κ1) is 16.9. The number of carbonyl (C=O) groups excluding carboxylic acids is 1. The molecule has 0 aliphatic carbocycles. The van der Waals surface area contributed by atoms with Crippen LogP contribution in [0.15, 0.2) is 24.3 Å². The number of hydrogen-bond donors (Lipinski definition) is 2. The summed E-state index contributed by atoms with van der Waals surface area (Å²) in [7, 11) is 0. The SMILES string of the molecule is Cc1ccc(CNC(=O)NCCc2cc(Cl)c3c(c2)OCCO3)s1. The zero-order valence-corrected chi connectivity index (χ0v) is 14.9. The average molecular weight is 367 g/mol. The van der Waals surface area contributed by atoms with Crippen molar-refractivity contribution in [2.45, 2.75) is 19.9 Å². The lowest BCUT2D eigenvalue weighted by molar-refractivity contribution is 0.171. The zero-order valence-electron chi connectivity index (χ0n) is 13.4. The van der Waals surface area contributed by atoms with Crippen molar-refractivity contribution >= 4 is 29.0 Å². The number of benzene rings is 1. The standard InChI is InChI=1S/C17H19ClN2O3S/c1-11-2-3-13(24-11)10-20-17(21)19-5-4-12-8-14(18)16-15(9-12)22-6-7-23-16/h2-3,8-9H,4-7,10H2,1H3,(H2,19,20,21). The van der Waals surface area contributed by atoms with E-state index in [0.29, 0.717) is 49.2 Å². The van der Waals surface area contributed by atoms with E-state index in [0.717, 1.165) is 10.4 Å². The van der Waals surface area contributed by atoms with Crippen LogP contribution < -0.4 is 20.1 Å². The van der Waals surface area contributed by atoms with Gasteiger partial charge in [0.05, 0.1) is 11.6 Å². The lowest BCUT2D eigenvalue weighted by Gasteiger charge is -2.20. The fourth-order valence-corrected chi connectivity index (χ4v) is 3.56. The average Bonchev–Trinajstić information content (AvgIpc) is 2.98. The molecule has 0 spiro atoms. The molecule has 1 aromatic heterocycles. The van der Waals surface area contributed by atoms with E-state index in [1.165, 1.54) is 4.88 Å². The minimum atomic E-state index is -0.176. The van der Waals surface area contributed by atoms with Crippen LogP contribution in [0.3, 0.4) is 0 Å². The highest BCUT2D eigenvalue weighted by Crippen LogP contribution is 2.38. The molecule has 1 aliphatic heterocycles. The maximum atomic E-state index is 11.8. The third-order valence-electron chi connectivity index (χ3n) is 3.58. The molecule has 24 heavy (non-hydrogen) atoms. The van der Waals surface area contributed by atoms with Gasteiger partial charge in [-0.3, -0.25) is 0 Å². The molecule has 128 valence electrons. The first-order valence-electron chi connectivity index (χ1n) is 7.77. The molecule has 3 rings (SSSR count). The van der Waals surface area contributed by atoms with Crippen LogP contribution in [0.2, 0.25) is 5.02 Å². The Morgan fingerprint density at radius 1 is 1.25 bits per heavy atom. The summed E-state index contributed by atoms with van der Waals surface area (Å²) in [5.41, 5.74) is 0.999. The van der Waals surface area contributed by atoms with Gasteiger partial charge in [0.1, 0.15) is 13.2 Å². The second-order valence-electron chi connectivity index (χ2n) is 5.47. The van der Waals surface area contributed by atoms with Crippen molar-refractivity contribution in [3.8, 4) is 11.5 Å². The molecule has 5 nitrogen and oxygen atoms in total. The molecule has 7 heteroatoms. The Kier molecular flexibility index (Phi) is 5.48. The fourth-order valence-electron chi connectivity index (χ4n) is 2.44. The van der Waals surface area contributed by atoms with Gasteiger partial charge >= 0.3 is 6.03 Å². The van der Waals surface area contributed by atoms with E-state index in [-0.39, 0.29) is 6.03 Å². The van der Waals surface area contributed by atoms with Gasteiger partial charge in [0.25, 0.3) is 0 Å². The van der Waals surface area contributed by atoms with E-state index in [1.807, 2.05) is 31.2 Å². The van der Waals surface area contributed by atoms with Gasteiger partial charge in [-0.05, 0) is 43.2 Å². The Bertz CT molecular complexity index is 733. The normalized spacial score (nSPS) is 12.8. The third kappa shape index (κ3) is 4.33. The lowest BCUT2D eigenvalue weighted by atomic mass is 10.1. The van der Waals surface area contributed by atoms with Crippen LogP contribution in [0.5, 0.6) is 11.5 Å². The molecule has 0 radical (unpaired) electrons. The summed E-state index contributed by atoms with van der Waals surface area (Å²) in [5, 5.41) is 6.24. The van der Waals surface area contributed by atoms with Gasteiger partial charge in [-0.2, -0.15) is 0 Å². The second-order valence-corrected chi connectivity index (χ2v) is 7.25. The molecule has 0 fully saturated rings. The molecule has 0 bridgehead atoms. The van der Waals surface area contributed by atoms with E-state index >= 15 is 0 Å². The van der Waals surface area contributed by atoms with E-state index in [4.69, 9.17) is 21.1 Å². The Hall–Kier alpha value is -1.92. The highest BCUT2D eigenvalue weighted by Gasteiger charge is 2.16. The minimum absolute atomic E-state index is 0.176. The topological polar surface area (TPSA) is 59.6 Å². The predicted octanol–water partition coefficient (Wildman–Crippen LogP) is 3.52. The Morgan fingerprint density at radius 2 is 2.08 bits per heavy atom. The number of rotatable bonds is 5. The van der Waals surface area contributed by atoms with E-state index in [2.05, 4.69) is 10.6 Å². The summed E-state index contributed by atoms with van der Waals surface area (Å²) in [5.74, 6) is 1.27. The molecule has 2 N–H and O–H groups in total. The first-order valence-corrected chi connectivity index (χ1v) is 8.96. The number of thiophene rings is 1. The minimum Gasteiger partial charge on any atom is -0.486 e. The highest BCUT2D eigenvalue weighted by molar-refractivity contribution is 7.11. The third-order valence-corrected chi connectivity index (χ3v) is 4.86. The molecule has 0 unspecified atom stereocenters. The number of aryl methyl sites for hydroxylation is 1. The molecular formula is C17H19ClN2O3S. The van der Waals surface area contributed by atoms with E-state index < -0.39 is 0 Å². The van der Waals surface area contributed by atoms with Crippen LogP contribution in [0.25, 0.3) is 0 Å². The molecule has 0 saturated carbocycles. The van der Waals surface area contributed by atoms with Gasteiger partial charge in [0.2, 0.25) is 0 Å². The monoisotopic (exact) mass is 366 g/mol. The number of ether oxygens (including phenoxy) is 2. The summed E-state index contributed by atoms with van der Waals surface area (Å²) in [6.45, 7) is 4.14. The fraction of sp³-hybridized carbons (Fsp3) is 0.353. The summed E-state index contributed by atoms with van der Waals surface area (Å²) in [6.07, 6.45) is 0.669. The smallest absolute Gasteiger partial charge is 0.315 e. The van der Waals surface area contributed by atoms with Crippen LogP contribution in [0.1, 0.15) is 15.3 Å². The zero-order chi connectivity index (χ0) is 16.9.